The van der Waals surface area contributed by atoms with Gasteiger partial charge in [-0.2, -0.15) is 0 Å². The summed E-state index contributed by atoms with van der Waals surface area (Å²) < 4.78 is 0. The van der Waals surface area contributed by atoms with Crippen molar-refractivity contribution in [2.45, 2.75) is 57.5 Å². The second-order valence-electron chi connectivity index (χ2n) is 8.22. The summed E-state index contributed by atoms with van der Waals surface area (Å²) in [6.07, 6.45) is 6.54. The summed E-state index contributed by atoms with van der Waals surface area (Å²) in [4.78, 5) is 17.0. The van der Waals surface area contributed by atoms with Crippen LogP contribution in [0, 0.1) is 18.8 Å². The average molecular weight is 329 g/mol. The predicted molar refractivity (Wildman–Crippen MR) is 99.0 cm³/mol. The number of carbonyl (C=O) groups excluding carboxylic acids is 1. The quantitative estimate of drug-likeness (QED) is 0.826. The van der Waals surface area contributed by atoms with E-state index in [9.17, 15) is 4.79 Å². The van der Waals surface area contributed by atoms with Crippen LogP contribution in [-0.4, -0.2) is 48.9 Å². The topological polar surface area (TPSA) is 23.6 Å². The lowest BCUT2D eigenvalue weighted by Crippen LogP contribution is -2.36. The molecule has 24 heavy (non-hydrogen) atoms. The number of carbonyl (C=O) groups is 1. The third kappa shape index (κ3) is 3.83. The summed E-state index contributed by atoms with van der Waals surface area (Å²) in [5.74, 6) is 1.97. The molecule has 2 aliphatic rings. The molecule has 0 aliphatic heterocycles. The molecule has 4 atom stereocenters. The molecule has 2 aliphatic carbocycles. The highest BCUT2D eigenvalue weighted by molar-refractivity contribution is 5.76. The summed E-state index contributed by atoms with van der Waals surface area (Å²) in [5.41, 5.74) is 2.54. The van der Waals surface area contributed by atoms with E-state index in [0.29, 0.717) is 18.4 Å². The van der Waals surface area contributed by atoms with Crippen molar-refractivity contribution in [1.29, 1.82) is 0 Å². The van der Waals surface area contributed by atoms with Gasteiger partial charge in [0.2, 0.25) is 5.91 Å². The van der Waals surface area contributed by atoms with E-state index in [1.807, 2.05) is 7.05 Å². The first-order valence-corrected chi connectivity index (χ1v) is 9.41. The van der Waals surface area contributed by atoms with E-state index in [-0.39, 0.29) is 0 Å². The van der Waals surface area contributed by atoms with Gasteiger partial charge in [0.05, 0.1) is 0 Å². The molecule has 0 bridgehead atoms. The van der Waals surface area contributed by atoms with Gasteiger partial charge in [-0.05, 0) is 70.5 Å². The van der Waals surface area contributed by atoms with Crippen LogP contribution in [-0.2, 0) is 11.2 Å². The second-order valence-corrected chi connectivity index (χ2v) is 8.22. The molecule has 0 aromatic heterocycles. The minimum Gasteiger partial charge on any atom is -0.343 e. The van der Waals surface area contributed by atoms with Gasteiger partial charge in [-0.15, -0.1) is 0 Å². The highest BCUT2D eigenvalue weighted by Gasteiger charge is 2.43. The highest BCUT2D eigenvalue weighted by Crippen LogP contribution is 2.46. The number of aryl methyl sites for hydroxylation is 2. The van der Waals surface area contributed by atoms with Gasteiger partial charge in [-0.25, -0.2) is 0 Å². The fourth-order valence-electron chi connectivity index (χ4n) is 4.68. The second kappa shape index (κ2) is 7.26. The summed E-state index contributed by atoms with van der Waals surface area (Å²) in [6, 6.07) is 9.76. The van der Waals surface area contributed by atoms with E-state index < -0.39 is 0 Å². The van der Waals surface area contributed by atoms with Gasteiger partial charge in [0.15, 0.2) is 0 Å². The SMILES string of the molecule is Cc1ccc(CCC(=O)N(C)C2C[C@H]3CC(N(C)C)C[C@H]3C2)cc1. The standard InChI is InChI=1S/C21H32N2O/c1-15-5-7-16(8-6-15)9-10-21(24)23(4)20-13-17-11-19(22(2)3)12-18(17)14-20/h5-8,17-20H,9-14H2,1-4H3/t17-,18+,19?,20?. The van der Waals surface area contributed by atoms with Crippen LogP contribution in [0.15, 0.2) is 24.3 Å². The Hall–Kier alpha value is -1.35. The third-order valence-electron chi connectivity index (χ3n) is 6.39. The van der Waals surface area contributed by atoms with E-state index >= 15 is 0 Å². The Bertz CT molecular complexity index is 552. The van der Waals surface area contributed by atoms with Crippen molar-refractivity contribution in [2.75, 3.05) is 21.1 Å². The summed E-state index contributed by atoms with van der Waals surface area (Å²) in [6.45, 7) is 2.10. The molecule has 0 spiro atoms. The maximum absolute atomic E-state index is 12.6. The molecule has 0 radical (unpaired) electrons. The van der Waals surface area contributed by atoms with Crippen molar-refractivity contribution in [3.63, 3.8) is 0 Å². The zero-order valence-corrected chi connectivity index (χ0v) is 15.7. The molecule has 2 saturated carbocycles. The molecule has 2 unspecified atom stereocenters. The van der Waals surface area contributed by atoms with E-state index in [1.54, 1.807) is 0 Å². The Morgan fingerprint density at radius 1 is 0.958 bits per heavy atom. The molecule has 2 fully saturated rings. The lowest BCUT2D eigenvalue weighted by atomic mass is 10.0. The Labute approximate surface area is 147 Å². The Balaban J connectivity index is 1.48. The Kier molecular flexibility index (Phi) is 5.29. The predicted octanol–water partition coefficient (Wildman–Crippen LogP) is 3.50. The number of amides is 1. The maximum atomic E-state index is 12.6. The minimum absolute atomic E-state index is 0.310. The summed E-state index contributed by atoms with van der Waals surface area (Å²) in [7, 11) is 6.42. The minimum atomic E-state index is 0.310. The number of hydrogen-bond donors (Lipinski definition) is 0. The fraction of sp³-hybridized carbons (Fsp3) is 0.667. The zero-order valence-electron chi connectivity index (χ0n) is 15.7. The molecule has 0 N–H and O–H groups in total. The normalized spacial score (nSPS) is 29.0. The monoisotopic (exact) mass is 328 g/mol. The Morgan fingerprint density at radius 2 is 1.50 bits per heavy atom. The zero-order chi connectivity index (χ0) is 17.3. The van der Waals surface area contributed by atoms with Crippen molar-refractivity contribution in [3.8, 4) is 0 Å². The number of fused-ring (bicyclic) bond motifs is 1. The first-order chi connectivity index (χ1) is 11.4. The fourth-order valence-corrected chi connectivity index (χ4v) is 4.68. The third-order valence-corrected chi connectivity index (χ3v) is 6.39. The molecule has 3 heteroatoms. The molecule has 0 heterocycles. The summed E-state index contributed by atoms with van der Waals surface area (Å²) in [5, 5.41) is 0. The van der Waals surface area contributed by atoms with Crippen molar-refractivity contribution in [1.82, 2.24) is 9.80 Å². The number of nitrogens with zero attached hydrogens (tertiary/aromatic N) is 2. The van der Waals surface area contributed by atoms with Crippen molar-refractivity contribution in [3.05, 3.63) is 35.4 Å². The van der Waals surface area contributed by atoms with Gasteiger partial charge < -0.3 is 9.80 Å². The number of benzene rings is 1. The van der Waals surface area contributed by atoms with E-state index in [1.165, 1.54) is 36.8 Å². The molecule has 3 rings (SSSR count). The Morgan fingerprint density at radius 3 is 2.04 bits per heavy atom. The lowest BCUT2D eigenvalue weighted by molar-refractivity contribution is -0.131. The van der Waals surface area contributed by atoms with Gasteiger partial charge >= 0.3 is 0 Å². The molecule has 1 aromatic carbocycles. The van der Waals surface area contributed by atoms with Crippen molar-refractivity contribution < 1.29 is 4.79 Å². The van der Waals surface area contributed by atoms with Crippen LogP contribution in [0.4, 0.5) is 0 Å². The molecule has 132 valence electrons. The van der Waals surface area contributed by atoms with Gasteiger partial charge in [-0.3, -0.25) is 4.79 Å². The van der Waals surface area contributed by atoms with Crippen molar-refractivity contribution >= 4 is 5.91 Å². The van der Waals surface area contributed by atoms with Crippen LogP contribution < -0.4 is 0 Å². The van der Waals surface area contributed by atoms with Gasteiger partial charge in [0.1, 0.15) is 0 Å². The first-order valence-electron chi connectivity index (χ1n) is 9.41. The number of hydrogen-bond acceptors (Lipinski definition) is 2. The van der Waals surface area contributed by atoms with Crippen LogP contribution in [0.1, 0.15) is 43.2 Å². The smallest absolute Gasteiger partial charge is 0.222 e. The van der Waals surface area contributed by atoms with Crippen LogP contribution in [0.3, 0.4) is 0 Å². The molecule has 3 nitrogen and oxygen atoms in total. The van der Waals surface area contributed by atoms with Crippen molar-refractivity contribution in [2.24, 2.45) is 11.8 Å². The van der Waals surface area contributed by atoms with E-state index in [4.69, 9.17) is 0 Å². The number of rotatable bonds is 5. The molecule has 1 amide bonds. The first kappa shape index (κ1) is 17.5. The summed E-state index contributed by atoms with van der Waals surface area (Å²) >= 11 is 0. The van der Waals surface area contributed by atoms with Crippen LogP contribution in [0.2, 0.25) is 0 Å². The van der Waals surface area contributed by atoms with Crippen LogP contribution in [0.25, 0.3) is 0 Å². The van der Waals surface area contributed by atoms with Gasteiger partial charge in [-0.1, -0.05) is 29.8 Å². The largest absolute Gasteiger partial charge is 0.343 e. The molecule has 0 saturated heterocycles. The van der Waals surface area contributed by atoms with Crippen LogP contribution >= 0.6 is 0 Å². The average Bonchev–Trinajstić information content (AvgIpc) is 3.12. The molecule has 1 aromatic rings. The molecular weight excluding hydrogens is 296 g/mol. The molecular formula is C21H32N2O. The highest BCUT2D eigenvalue weighted by atomic mass is 16.2. The van der Waals surface area contributed by atoms with E-state index in [0.717, 1.165) is 24.3 Å². The van der Waals surface area contributed by atoms with E-state index in [2.05, 4.69) is 55.1 Å². The van der Waals surface area contributed by atoms with Gasteiger partial charge in [0.25, 0.3) is 0 Å². The lowest BCUT2D eigenvalue weighted by Gasteiger charge is -2.27. The maximum Gasteiger partial charge on any atom is 0.222 e. The van der Waals surface area contributed by atoms with Crippen LogP contribution in [0.5, 0.6) is 0 Å². The van der Waals surface area contributed by atoms with Gasteiger partial charge in [0, 0.05) is 25.6 Å².